The Balaban J connectivity index is 1.84. The first-order valence-electron chi connectivity index (χ1n) is 7.65. The van der Waals surface area contributed by atoms with Crippen LogP contribution >= 0.6 is 0 Å². The molecule has 6 nitrogen and oxygen atoms in total. The molecule has 3 aromatic rings. The van der Waals surface area contributed by atoms with E-state index in [1.165, 1.54) is 0 Å². The molecule has 1 N–H and O–H groups in total. The maximum absolute atomic E-state index is 12.0. The number of carbonyl (C=O) groups is 1. The Morgan fingerprint density at radius 3 is 2.96 bits per heavy atom. The summed E-state index contributed by atoms with van der Waals surface area (Å²) in [5.74, 6) is 1.01. The highest BCUT2D eigenvalue weighted by molar-refractivity contribution is 6.01. The summed E-state index contributed by atoms with van der Waals surface area (Å²) in [5, 5.41) is 7.96. The molecule has 6 heteroatoms. The number of ether oxygens (including phenoxy) is 2. The molecule has 1 aliphatic heterocycles. The molecule has 4 rings (SSSR count). The largest absolute Gasteiger partial charge is 0.461 e. The first-order valence-corrected chi connectivity index (χ1v) is 7.65. The zero-order valence-electron chi connectivity index (χ0n) is 13.0. The van der Waals surface area contributed by atoms with Crippen molar-refractivity contribution in [3.8, 4) is 22.8 Å². The minimum absolute atomic E-state index is 0.189. The number of H-pyrrole nitrogens is 1. The Hall–Kier alpha value is -3.15. The maximum Gasteiger partial charge on any atom is 0.305 e. The standard InChI is InChI=1S/C18H14N2O4/c1-2-15(21)23-9-10-6-7-13-12(8-10)17-16-11(18(22)20-19-17)4-3-5-14(16)24-13/h3-8H,2,9H2,1H3,(H,20,22). The van der Waals surface area contributed by atoms with Gasteiger partial charge in [-0.3, -0.25) is 9.59 Å². The molecule has 0 atom stereocenters. The predicted octanol–water partition coefficient (Wildman–Crippen LogP) is 3.15. The van der Waals surface area contributed by atoms with Crippen LogP contribution in [-0.4, -0.2) is 16.2 Å². The van der Waals surface area contributed by atoms with Crippen LogP contribution in [0.25, 0.3) is 22.0 Å². The van der Waals surface area contributed by atoms with Crippen molar-refractivity contribution in [2.45, 2.75) is 20.0 Å². The Bertz CT molecular complexity index is 1020. The molecule has 0 spiro atoms. The molecule has 0 fully saturated rings. The van der Waals surface area contributed by atoms with Crippen LogP contribution in [0.3, 0.4) is 0 Å². The van der Waals surface area contributed by atoms with Gasteiger partial charge in [0.2, 0.25) is 0 Å². The van der Waals surface area contributed by atoms with Crippen LogP contribution in [0.5, 0.6) is 11.5 Å². The lowest BCUT2D eigenvalue weighted by Gasteiger charge is -2.20. The summed E-state index contributed by atoms with van der Waals surface area (Å²) in [7, 11) is 0. The number of benzene rings is 2. The van der Waals surface area contributed by atoms with E-state index in [4.69, 9.17) is 9.47 Å². The van der Waals surface area contributed by atoms with Crippen molar-refractivity contribution in [1.29, 1.82) is 0 Å². The fourth-order valence-electron chi connectivity index (χ4n) is 2.79. The van der Waals surface area contributed by atoms with Crippen molar-refractivity contribution in [3.05, 3.63) is 52.3 Å². The second-order valence-electron chi connectivity index (χ2n) is 5.53. The maximum atomic E-state index is 12.0. The van der Waals surface area contributed by atoms with E-state index >= 15 is 0 Å². The van der Waals surface area contributed by atoms with E-state index in [2.05, 4.69) is 10.2 Å². The SMILES string of the molecule is CCC(=O)OCc1ccc2c(c1)-c1n[nH]c(=O)c3cccc(c13)O2. The molecule has 24 heavy (non-hydrogen) atoms. The van der Waals surface area contributed by atoms with E-state index in [-0.39, 0.29) is 18.1 Å². The highest BCUT2D eigenvalue weighted by Crippen LogP contribution is 2.44. The Morgan fingerprint density at radius 1 is 1.25 bits per heavy atom. The first-order chi connectivity index (χ1) is 11.7. The summed E-state index contributed by atoms with van der Waals surface area (Å²) < 4.78 is 11.1. The molecule has 0 radical (unpaired) electrons. The van der Waals surface area contributed by atoms with Gasteiger partial charge in [-0.1, -0.05) is 19.1 Å². The van der Waals surface area contributed by atoms with Gasteiger partial charge in [0.05, 0.1) is 10.8 Å². The van der Waals surface area contributed by atoms with Crippen LogP contribution in [-0.2, 0) is 16.1 Å². The van der Waals surface area contributed by atoms with Gasteiger partial charge in [-0.05, 0) is 29.8 Å². The number of aromatic amines is 1. The summed E-state index contributed by atoms with van der Waals surface area (Å²) in [5.41, 5.74) is 2.00. The molecule has 0 amide bonds. The van der Waals surface area contributed by atoms with Gasteiger partial charge >= 0.3 is 5.97 Å². The number of hydrogen-bond acceptors (Lipinski definition) is 5. The van der Waals surface area contributed by atoms with Gasteiger partial charge in [-0.15, -0.1) is 0 Å². The molecule has 0 bridgehead atoms. The van der Waals surface area contributed by atoms with Crippen LogP contribution in [0.4, 0.5) is 0 Å². The third-order valence-corrected chi connectivity index (χ3v) is 3.98. The predicted molar refractivity (Wildman–Crippen MR) is 88.0 cm³/mol. The molecule has 0 aliphatic carbocycles. The van der Waals surface area contributed by atoms with Crippen LogP contribution in [0.15, 0.2) is 41.2 Å². The van der Waals surface area contributed by atoms with Crippen LogP contribution in [0.1, 0.15) is 18.9 Å². The number of nitrogens with one attached hydrogen (secondary N) is 1. The zero-order valence-corrected chi connectivity index (χ0v) is 13.0. The van der Waals surface area contributed by atoms with Gasteiger partial charge in [0, 0.05) is 12.0 Å². The summed E-state index contributed by atoms with van der Waals surface area (Å²) in [6.45, 7) is 1.94. The van der Waals surface area contributed by atoms with E-state index in [1.807, 2.05) is 24.3 Å². The lowest BCUT2D eigenvalue weighted by molar-refractivity contribution is -0.144. The molecule has 0 saturated heterocycles. The Morgan fingerprint density at radius 2 is 2.12 bits per heavy atom. The average molecular weight is 322 g/mol. The van der Waals surface area contributed by atoms with Gasteiger partial charge < -0.3 is 9.47 Å². The molecule has 1 aromatic heterocycles. The smallest absolute Gasteiger partial charge is 0.305 e. The molecule has 0 unspecified atom stereocenters. The van der Waals surface area contributed by atoms with Gasteiger partial charge in [-0.2, -0.15) is 5.10 Å². The lowest BCUT2D eigenvalue weighted by atomic mass is 9.99. The number of hydrogen-bond donors (Lipinski definition) is 1. The number of carbonyl (C=O) groups excluding carboxylic acids is 1. The van der Waals surface area contributed by atoms with Crippen molar-refractivity contribution in [1.82, 2.24) is 10.2 Å². The molecule has 0 saturated carbocycles. The van der Waals surface area contributed by atoms with Gasteiger partial charge in [-0.25, -0.2) is 5.10 Å². The summed E-state index contributed by atoms with van der Waals surface area (Å²) in [4.78, 5) is 23.3. The van der Waals surface area contributed by atoms with Crippen LogP contribution < -0.4 is 10.3 Å². The third kappa shape index (κ3) is 2.23. The van der Waals surface area contributed by atoms with Crippen molar-refractivity contribution in [2.24, 2.45) is 0 Å². The van der Waals surface area contributed by atoms with E-state index < -0.39 is 0 Å². The van der Waals surface area contributed by atoms with Gasteiger partial charge in [0.25, 0.3) is 5.56 Å². The van der Waals surface area contributed by atoms with E-state index in [1.54, 1.807) is 19.1 Å². The van der Waals surface area contributed by atoms with Crippen LogP contribution in [0.2, 0.25) is 0 Å². The third-order valence-electron chi connectivity index (χ3n) is 3.98. The van der Waals surface area contributed by atoms with Crippen molar-refractivity contribution in [3.63, 3.8) is 0 Å². The quantitative estimate of drug-likeness (QED) is 0.586. The normalized spacial score (nSPS) is 11.7. The fourth-order valence-corrected chi connectivity index (χ4v) is 2.79. The van der Waals surface area contributed by atoms with E-state index in [0.717, 1.165) is 11.1 Å². The molecule has 120 valence electrons. The summed E-state index contributed by atoms with van der Waals surface area (Å²) in [6.07, 6.45) is 0.337. The summed E-state index contributed by atoms with van der Waals surface area (Å²) in [6, 6.07) is 10.9. The van der Waals surface area contributed by atoms with Gasteiger partial charge in [0.15, 0.2) is 0 Å². The second kappa shape index (κ2) is 5.49. The van der Waals surface area contributed by atoms with Crippen LogP contribution in [0, 0.1) is 0 Å². The second-order valence-corrected chi connectivity index (χ2v) is 5.53. The fraction of sp³-hybridized carbons (Fsp3) is 0.167. The van der Waals surface area contributed by atoms with E-state index in [0.29, 0.717) is 34.4 Å². The summed E-state index contributed by atoms with van der Waals surface area (Å²) >= 11 is 0. The molecule has 1 aliphatic rings. The molecular weight excluding hydrogens is 308 g/mol. The van der Waals surface area contributed by atoms with Crippen molar-refractivity contribution >= 4 is 16.7 Å². The van der Waals surface area contributed by atoms with Gasteiger partial charge in [0.1, 0.15) is 23.8 Å². The average Bonchev–Trinajstić information content (AvgIpc) is 2.62. The minimum Gasteiger partial charge on any atom is -0.461 e. The monoisotopic (exact) mass is 322 g/mol. The number of rotatable bonds is 3. The van der Waals surface area contributed by atoms with Crippen molar-refractivity contribution < 1.29 is 14.3 Å². The highest BCUT2D eigenvalue weighted by Gasteiger charge is 2.23. The minimum atomic E-state index is -0.254. The number of esters is 1. The first kappa shape index (κ1) is 14.4. The number of fused-ring (bicyclic) bond motifs is 2. The molecule has 2 aromatic carbocycles. The Kier molecular flexibility index (Phi) is 3.30. The Labute approximate surface area is 137 Å². The molecular formula is C18H14N2O4. The number of nitrogens with zero attached hydrogens (tertiary/aromatic N) is 1. The number of aromatic nitrogens is 2. The van der Waals surface area contributed by atoms with E-state index in [9.17, 15) is 9.59 Å². The molecule has 2 heterocycles. The van der Waals surface area contributed by atoms with Crippen molar-refractivity contribution in [2.75, 3.05) is 0 Å². The highest BCUT2D eigenvalue weighted by atomic mass is 16.5. The lowest BCUT2D eigenvalue weighted by Crippen LogP contribution is -2.12. The topological polar surface area (TPSA) is 81.3 Å². The zero-order chi connectivity index (χ0) is 16.7.